The van der Waals surface area contributed by atoms with Crippen molar-refractivity contribution < 1.29 is 0 Å². The molecule has 0 aromatic heterocycles. The lowest BCUT2D eigenvalue weighted by Gasteiger charge is -2.49. The van der Waals surface area contributed by atoms with Gasteiger partial charge in [0.25, 0.3) is 0 Å². The smallest absolute Gasteiger partial charge is 0.00850 e. The molecule has 0 amide bonds. The Balaban J connectivity index is 1.69. The second-order valence-electron chi connectivity index (χ2n) is 7.75. The second-order valence-corrected chi connectivity index (χ2v) is 7.75. The van der Waals surface area contributed by atoms with Gasteiger partial charge in [-0.2, -0.15) is 0 Å². The minimum atomic E-state index is 0.531. The molecular formula is C21H28. The quantitative estimate of drug-likeness (QED) is 0.564. The van der Waals surface area contributed by atoms with Crippen LogP contribution in [-0.2, 0) is 6.42 Å². The molecule has 112 valence electrons. The molecular weight excluding hydrogens is 252 g/mol. The molecule has 3 aliphatic carbocycles. The van der Waals surface area contributed by atoms with Gasteiger partial charge in [-0.25, -0.2) is 0 Å². The largest absolute Gasteiger partial charge is 0.0850 e. The molecule has 0 nitrogen and oxygen atoms in total. The van der Waals surface area contributed by atoms with Gasteiger partial charge in [0, 0.05) is 0 Å². The molecule has 4 atom stereocenters. The van der Waals surface area contributed by atoms with Crippen LogP contribution in [0.2, 0.25) is 0 Å². The van der Waals surface area contributed by atoms with Crippen molar-refractivity contribution in [3.8, 4) is 0 Å². The van der Waals surface area contributed by atoms with Gasteiger partial charge >= 0.3 is 0 Å². The Labute approximate surface area is 129 Å². The van der Waals surface area contributed by atoms with Gasteiger partial charge in [0.2, 0.25) is 0 Å². The van der Waals surface area contributed by atoms with Crippen molar-refractivity contribution in [2.24, 2.45) is 17.3 Å². The third-order valence-corrected chi connectivity index (χ3v) is 6.94. The van der Waals surface area contributed by atoms with Crippen molar-refractivity contribution >= 4 is 0 Å². The fourth-order valence-electron chi connectivity index (χ4n) is 5.95. The van der Waals surface area contributed by atoms with Gasteiger partial charge in [-0.15, -0.1) is 0 Å². The zero-order valence-electron chi connectivity index (χ0n) is 13.6. The van der Waals surface area contributed by atoms with Gasteiger partial charge in [-0.05, 0) is 79.2 Å². The van der Waals surface area contributed by atoms with Crippen LogP contribution in [0, 0.1) is 17.3 Å². The Morgan fingerprint density at radius 1 is 1.14 bits per heavy atom. The van der Waals surface area contributed by atoms with Gasteiger partial charge in [-0.1, -0.05) is 49.8 Å². The van der Waals surface area contributed by atoms with Crippen molar-refractivity contribution in [2.75, 3.05) is 0 Å². The summed E-state index contributed by atoms with van der Waals surface area (Å²) >= 11 is 0. The maximum atomic E-state index is 2.59. The lowest BCUT2D eigenvalue weighted by atomic mass is 9.55. The molecule has 2 fully saturated rings. The fraction of sp³-hybridized carbons (Fsp3) is 0.619. The van der Waals surface area contributed by atoms with E-state index in [0.29, 0.717) is 5.41 Å². The molecule has 0 heterocycles. The van der Waals surface area contributed by atoms with Crippen LogP contribution < -0.4 is 0 Å². The van der Waals surface area contributed by atoms with Gasteiger partial charge in [-0.3, -0.25) is 0 Å². The number of hydrogen-bond donors (Lipinski definition) is 0. The van der Waals surface area contributed by atoms with Gasteiger partial charge in [0.05, 0.1) is 0 Å². The van der Waals surface area contributed by atoms with Crippen LogP contribution in [0.25, 0.3) is 0 Å². The molecule has 0 spiro atoms. The summed E-state index contributed by atoms with van der Waals surface area (Å²) in [5, 5.41) is 0. The van der Waals surface area contributed by atoms with E-state index in [1.807, 2.05) is 0 Å². The molecule has 0 aliphatic heterocycles. The number of hydrogen-bond acceptors (Lipinski definition) is 0. The van der Waals surface area contributed by atoms with Gasteiger partial charge < -0.3 is 0 Å². The van der Waals surface area contributed by atoms with E-state index in [9.17, 15) is 0 Å². The third-order valence-electron chi connectivity index (χ3n) is 6.94. The summed E-state index contributed by atoms with van der Waals surface area (Å²) in [6.07, 6.45) is 12.2. The predicted molar refractivity (Wildman–Crippen MR) is 89.4 cm³/mol. The molecule has 0 N–H and O–H groups in total. The Hall–Kier alpha value is -1.04. The van der Waals surface area contributed by atoms with E-state index in [2.05, 4.69) is 44.2 Å². The summed E-state index contributed by atoms with van der Waals surface area (Å²) in [6, 6.07) is 9.28. The van der Waals surface area contributed by atoms with Crippen molar-refractivity contribution in [1.29, 1.82) is 0 Å². The Morgan fingerprint density at radius 3 is 2.86 bits per heavy atom. The average Bonchev–Trinajstić information content (AvgIpc) is 2.84. The molecule has 0 heteroatoms. The Kier molecular flexibility index (Phi) is 3.24. The van der Waals surface area contributed by atoms with E-state index in [1.54, 1.807) is 16.7 Å². The van der Waals surface area contributed by atoms with Crippen LogP contribution in [0.3, 0.4) is 0 Å². The highest BCUT2D eigenvalue weighted by Gasteiger charge is 2.52. The molecule has 0 bridgehead atoms. The maximum absolute atomic E-state index is 2.59. The van der Waals surface area contributed by atoms with Crippen LogP contribution in [0.15, 0.2) is 35.9 Å². The summed E-state index contributed by atoms with van der Waals surface area (Å²) in [7, 11) is 0. The molecule has 21 heavy (non-hydrogen) atoms. The zero-order valence-corrected chi connectivity index (χ0v) is 13.6. The second kappa shape index (κ2) is 5.00. The highest BCUT2D eigenvalue weighted by atomic mass is 14.6. The molecule has 1 aromatic rings. The minimum absolute atomic E-state index is 0.531. The summed E-state index contributed by atoms with van der Waals surface area (Å²) in [5.41, 5.74) is 5.67. The van der Waals surface area contributed by atoms with E-state index in [4.69, 9.17) is 0 Å². The molecule has 0 radical (unpaired) electrons. The van der Waals surface area contributed by atoms with Crippen LogP contribution in [0.4, 0.5) is 0 Å². The molecule has 4 rings (SSSR count). The van der Waals surface area contributed by atoms with Gasteiger partial charge in [0.1, 0.15) is 0 Å². The summed E-state index contributed by atoms with van der Waals surface area (Å²) in [5.74, 6) is 2.75. The first kappa shape index (κ1) is 13.6. The molecule has 4 unspecified atom stereocenters. The first-order valence-electron chi connectivity index (χ1n) is 9.01. The number of allylic oxidation sites excluding steroid dienone is 2. The SMILES string of the molecule is CC/C=C1\CCC2C3CCc4ccccc4C3CCC12C. The van der Waals surface area contributed by atoms with Gasteiger partial charge in [0.15, 0.2) is 0 Å². The molecule has 0 saturated heterocycles. The normalized spacial score (nSPS) is 39.7. The first-order chi connectivity index (χ1) is 10.2. The van der Waals surface area contributed by atoms with Crippen molar-refractivity contribution in [3.63, 3.8) is 0 Å². The highest BCUT2D eigenvalue weighted by Crippen LogP contribution is 2.62. The van der Waals surface area contributed by atoms with E-state index >= 15 is 0 Å². The van der Waals surface area contributed by atoms with Crippen LogP contribution in [0.1, 0.15) is 69.4 Å². The average molecular weight is 280 g/mol. The third kappa shape index (κ3) is 1.94. The number of aryl methyl sites for hydroxylation is 1. The van der Waals surface area contributed by atoms with Crippen molar-refractivity contribution in [3.05, 3.63) is 47.0 Å². The zero-order chi connectivity index (χ0) is 14.4. The Morgan fingerprint density at radius 2 is 2.00 bits per heavy atom. The van der Waals surface area contributed by atoms with Crippen LogP contribution in [0.5, 0.6) is 0 Å². The molecule has 2 saturated carbocycles. The highest BCUT2D eigenvalue weighted by molar-refractivity contribution is 5.36. The predicted octanol–water partition coefficient (Wildman–Crippen LogP) is 5.88. The lowest BCUT2D eigenvalue weighted by Crippen LogP contribution is -2.40. The fourth-order valence-corrected chi connectivity index (χ4v) is 5.95. The number of fused-ring (bicyclic) bond motifs is 5. The maximum Gasteiger partial charge on any atom is -0.00850 e. The van der Waals surface area contributed by atoms with E-state index in [1.165, 1.54) is 44.9 Å². The Bertz CT molecular complexity index is 567. The molecule has 1 aromatic carbocycles. The van der Waals surface area contributed by atoms with Crippen LogP contribution in [-0.4, -0.2) is 0 Å². The standard InChI is InChI=1S/C21H28/c1-3-6-16-10-12-20-19-11-9-15-7-4-5-8-17(15)18(19)13-14-21(16,20)2/h4-8,18-20H,3,9-14H2,1-2H3/b16-6+. The minimum Gasteiger partial charge on any atom is -0.0850 e. The van der Waals surface area contributed by atoms with E-state index in [0.717, 1.165) is 17.8 Å². The van der Waals surface area contributed by atoms with E-state index in [-0.39, 0.29) is 0 Å². The first-order valence-corrected chi connectivity index (χ1v) is 9.01. The van der Waals surface area contributed by atoms with E-state index < -0.39 is 0 Å². The van der Waals surface area contributed by atoms with Crippen molar-refractivity contribution in [2.45, 2.75) is 64.7 Å². The van der Waals surface area contributed by atoms with Crippen LogP contribution >= 0.6 is 0 Å². The summed E-state index contributed by atoms with van der Waals surface area (Å²) in [4.78, 5) is 0. The molecule has 3 aliphatic rings. The summed E-state index contributed by atoms with van der Waals surface area (Å²) < 4.78 is 0. The number of benzene rings is 1. The number of rotatable bonds is 1. The lowest BCUT2D eigenvalue weighted by molar-refractivity contribution is 0.0813. The topological polar surface area (TPSA) is 0 Å². The van der Waals surface area contributed by atoms with Crippen molar-refractivity contribution in [1.82, 2.24) is 0 Å². The summed E-state index contributed by atoms with van der Waals surface area (Å²) in [6.45, 7) is 4.88. The monoisotopic (exact) mass is 280 g/mol.